The molecule has 0 saturated heterocycles. The molecule has 0 saturated carbocycles. The predicted molar refractivity (Wildman–Crippen MR) is 107 cm³/mol. The number of Topliss-reactive ketones (excluding diaryl/α,β-unsaturated/α-hetero) is 1. The van der Waals surface area contributed by atoms with Crippen LogP contribution in [0.3, 0.4) is 0 Å². The van der Waals surface area contributed by atoms with Crippen LogP contribution in [0.15, 0.2) is 77.7 Å². The zero-order valence-electron chi connectivity index (χ0n) is 15.3. The minimum atomic E-state index is -3.72. The van der Waals surface area contributed by atoms with Gasteiger partial charge in [-0.25, -0.2) is 13.1 Å². The Kier molecular flexibility index (Phi) is 5.54. The van der Waals surface area contributed by atoms with E-state index < -0.39 is 10.0 Å². The third-order valence-electron chi connectivity index (χ3n) is 4.51. The zero-order chi connectivity index (χ0) is 19.4. The fourth-order valence-electron chi connectivity index (χ4n) is 3.14. The molecule has 0 fully saturated rings. The summed E-state index contributed by atoms with van der Waals surface area (Å²) in [6, 6.07) is 21.7. The fourth-order valence-corrected chi connectivity index (χ4v) is 4.14. The second-order valence-corrected chi connectivity index (χ2v) is 8.12. The number of benzene rings is 3. The van der Waals surface area contributed by atoms with Crippen LogP contribution in [0.2, 0.25) is 0 Å². The van der Waals surface area contributed by atoms with Gasteiger partial charge in [-0.05, 0) is 48.2 Å². The molecule has 0 heterocycles. The van der Waals surface area contributed by atoms with Gasteiger partial charge in [-0.1, -0.05) is 60.7 Å². The molecule has 1 N–H and O–H groups in total. The molecule has 5 heteroatoms. The van der Waals surface area contributed by atoms with Crippen LogP contribution in [-0.4, -0.2) is 20.7 Å². The lowest BCUT2D eigenvalue weighted by Gasteiger charge is -2.14. The van der Waals surface area contributed by atoms with Gasteiger partial charge in [-0.2, -0.15) is 0 Å². The highest BCUT2D eigenvalue weighted by atomic mass is 32.2. The van der Waals surface area contributed by atoms with E-state index in [1.807, 2.05) is 56.3 Å². The molecular formula is C22H21NO3S. The largest absolute Gasteiger partial charge is 0.293 e. The van der Waals surface area contributed by atoms with E-state index >= 15 is 0 Å². The maximum Gasteiger partial charge on any atom is 0.240 e. The van der Waals surface area contributed by atoms with E-state index in [0.717, 1.165) is 22.3 Å². The van der Waals surface area contributed by atoms with Crippen LogP contribution < -0.4 is 4.72 Å². The molecule has 3 aromatic carbocycles. The van der Waals surface area contributed by atoms with Gasteiger partial charge in [-0.3, -0.25) is 4.79 Å². The molecule has 0 unspecified atom stereocenters. The van der Waals surface area contributed by atoms with Crippen molar-refractivity contribution in [3.8, 4) is 11.1 Å². The van der Waals surface area contributed by atoms with Crippen molar-refractivity contribution in [1.82, 2.24) is 4.72 Å². The summed E-state index contributed by atoms with van der Waals surface area (Å²) in [6.45, 7) is 3.48. The number of nitrogens with one attached hydrogen (secondary N) is 1. The van der Waals surface area contributed by atoms with Gasteiger partial charge in [0.05, 0.1) is 11.4 Å². The molecule has 4 nitrogen and oxygen atoms in total. The first-order valence-corrected chi connectivity index (χ1v) is 10.1. The van der Waals surface area contributed by atoms with Crippen LogP contribution in [-0.2, 0) is 10.0 Å². The monoisotopic (exact) mass is 379 g/mol. The van der Waals surface area contributed by atoms with Crippen LogP contribution in [0, 0.1) is 13.8 Å². The van der Waals surface area contributed by atoms with Gasteiger partial charge in [0.15, 0.2) is 5.78 Å². The Morgan fingerprint density at radius 3 is 2.07 bits per heavy atom. The molecule has 27 heavy (non-hydrogen) atoms. The lowest BCUT2D eigenvalue weighted by molar-refractivity contribution is 0.0996. The standard InChI is InChI=1S/C22H21NO3S/c1-16-13-14-20(18-9-5-3-6-10-18)17(2)22(16)21(24)15-23-27(25,26)19-11-7-4-8-12-19/h3-14,23H,15H2,1-2H3. The van der Waals surface area contributed by atoms with Crippen LogP contribution in [0.4, 0.5) is 0 Å². The predicted octanol–water partition coefficient (Wildman–Crippen LogP) is 4.13. The number of carbonyl (C=O) groups excluding carboxylic acids is 1. The Morgan fingerprint density at radius 2 is 1.44 bits per heavy atom. The molecule has 138 valence electrons. The number of aryl methyl sites for hydroxylation is 1. The Morgan fingerprint density at radius 1 is 0.852 bits per heavy atom. The molecule has 0 radical (unpaired) electrons. The van der Waals surface area contributed by atoms with E-state index in [1.165, 1.54) is 12.1 Å². The number of carbonyl (C=O) groups is 1. The maximum atomic E-state index is 12.8. The Balaban J connectivity index is 1.87. The quantitative estimate of drug-likeness (QED) is 0.655. The minimum Gasteiger partial charge on any atom is -0.293 e. The van der Waals surface area contributed by atoms with Crippen LogP contribution >= 0.6 is 0 Å². The number of ketones is 1. The zero-order valence-corrected chi connectivity index (χ0v) is 16.1. The average molecular weight is 379 g/mol. The first-order valence-electron chi connectivity index (χ1n) is 8.63. The fraction of sp³-hybridized carbons (Fsp3) is 0.136. The summed E-state index contributed by atoms with van der Waals surface area (Å²) in [7, 11) is -3.72. The molecule has 0 amide bonds. The summed E-state index contributed by atoms with van der Waals surface area (Å²) in [5.74, 6) is -0.248. The molecule has 3 aromatic rings. The summed E-state index contributed by atoms with van der Waals surface area (Å²) in [4.78, 5) is 13.0. The van der Waals surface area contributed by atoms with E-state index in [2.05, 4.69) is 4.72 Å². The molecule has 0 aliphatic heterocycles. The molecule has 0 aromatic heterocycles. The first-order chi connectivity index (χ1) is 12.9. The van der Waals surface area contributed by atoms with Gasteiger partial charge in [-0.15, -0.1) is 0 Å². The van der Waals surface area contributed by atoms with Crippen LogP contribution in [0.1, 0.15) is 21.5 Å². The first kappa shape index (κ1) is 19.0. The van der Waals surface area contributed by atoms with Crippen LogP contribution in [0.25, 0.3) is 11.1 Å². The third-order valence-corrected chi connectivity index (χ3v) is 5.93. The summed E-state index contributed by atoms with van der Waals surface area (Å²) in [6.07, 6.45) is 0. The smallest absolute Gasteiger partial charge is 0.240 e. The second-order valence-electron chi connectivity index (χ2n) is 6.36. The Bertz CT molecular complexity index is 1060. The Hall–Kier alpha value is -2.76. The second kappa shape index (κ2) is 7.86. The molecule has 0 aliphatic carbocycles. The van der Waals surface area contributed by atoms with Gasteiger partial charge in [0.25, 0.3) is 0 Å². The summed E-state index contributed by atoms with van der Waals surface area (Å²) in [5.41, 5.74) is 4.23. The molecule has 0 bridgehead atoms. The third kappa shape index (κ3) is 4.15. The number of sulfonamides is 1. The molecule has 0 aliphatic rings. The normalized spacial score (nSPS) is 11.3. The minimum absolute atomic E-state index is 0.143. The summed E-state index contributed by atoms with van der Waals surface area (Å²) < 4.78 is 27.1. The van der Waals surface area contributed by atoms with Gasteiger partial charge >= 0.3 is 0 Å². The molecular weight excluding hydrogens is 358 g/mol. The van der Waals surface area contributed by atoms with Gasteiger partial charge < -0.3 is 0 Å². The van der Waals surface area contributed by atoms with Crippen molar-refractivity contribution >= 4 is 15.8 Å². The SMILES string of the molecule is Cc1ccc(-c2ccccc2)c(C)c1C(=O)CNS(=O)(=O)c1ccccc1. The van der Waals surface area contributed by atoms with Crippen molar-refractivity contribution in [1.29, 1.82) is 0 Å². The number of hydrogen-bond acceptors (Lipinski definition) is 3. The molecule has 0 spiro atoms. The highest BCUT2D eigenvalue weighted by Gasteiger charge is 2.19. The number of rotatable bonds is 6. The highest BCUT2D eigenvalue weighted by molar-refractivity contribution is 7.89. The van der Waals surface area contributed by atoms with E-state index in [0.29, 0.717) is 5.56 Å². The topological polar surface area (TPSA) is 63.2 Å². The van der Waals surface area contributed by atoms with Crippen LogP contribution in [0.5, 0.6) is 0 Å². The molecule has 0 atom stereocenters. The maximum absolute atomic E-state index is 12.8. The van der Waals surface area contributed by atoms with E-state index in [4.69, 9.17) is 0 Å². The van der Waals surface area contributed by atoms with Crippen molar-refractivity contribution in [2.24, 2.45) is 0 Å². The average Bonchev–Trinajstić information content (AvgIpc) is 2.68. The van der Waals surface area contributed by atoms with E-state index in [-0.39, 0.29) is 17.2 Å². The van der Waals surface area contributed by atoms with Crippen molar-refractivity contribution < 1.29 is 13.2 Å². The lowest BCUT2D eigenvalue weighted by Crippen LogP contribution is -2.30. The van der Waals surface area contributed by atoms with E-state index in [1.54, 1.807) is 18.2 Å². The molecule has 3 rings (SSSR count). The summed E-state index contributed by atoms with van der Waals surface area (Å²) >= 11 is 0. The van der Waals surface area contributed by atoms with Crippen molar-refractivity contribution in [3.05, 3.63) is 89.5 Å². The van der Waals surface area contributed by atoms with Gasteiger partial charge in [0.1, 0.15) is 0 Å². The van der Waals surface area contributed by atoms with Crippen molar-refractivity contribution in [2.45, 2.75) is 18.7 Å². The summed E-state index contributed by atoms with van der Waals surface area (Å²) in [5, 5.41) is 0. The van der Waals surface area contributed by atoms with E-state index in [9.17, 15) is 13.2 Å². The van der Waals surface area contributed by atoms with Gasteiger partial charge in [0, 0.05) is 5.56 Å². The number of hydrogen-bond donors (Lipinski definition) is 1. The lowest BCUT2D eigenvalue weighted by atomic mass is 9.91. The highest BCUT2D eigenvalue weighted by Crippen LogP contribution is 2.28. The van der Waals surface area contributed by atoms with Crippen molar-refractivity contribution in [2.75, 3.05) is 6.54 Å². The van der Waals surface area contributed by atoms with Gasteiger partial charge in [0.2, 0.25) is 10.0 Å². The Labute approximate surface area is 159 Å². The van der Waals surface area contributed by atoms with Crippen molar-refractivity contribution in [3.63, 3.8) is 0 Å².